The van der Waals surface area contributed by atoms with Crippen molar-refractivity contribution < 1.29 is 9.52 Å². The summed E-state index contributed by atoms with van der Waals surface area (Å²) in [5.74, 6) is 2.32. The highest BCUT2D eigenvalue weighted by Crippen LogP contribution is 2.27. The van der Waals surface area contributed by atoms with Crippen molar-refractivity contribution in [1.82, 2.24) is 15.5 Å². The minimum Gasteiger partial charge on any atom is -0.466 e. The van der Waals surface area contributed by atoms with Crippen molar-refractivity contribution in [3.05, 3.63) is 23.2 Å². The molecule has 0 saturated carbocycles. The fourth-order valence-corrected chi connectivity index (χ4v) is 3.50. The number of unbranched alkanes of at least 4 members (excludes halogenated alkanes) is 1. The molecule has 1 aliphatic heterocycles. The van der Waals surface area contributed by atoms with Gasteiger partial charge in [0, 0.05) is 18.7 Å². The van der Waals surface area contributed by atoms with Crippen LogP contribution in [-0.4, -0.2) is 55.2 Å². The molecule has 0 bridgehead atoms. The van der Waals surface area contributed by atoms with Gasteiger partial charge in [-0.05, 0) is 79.1 Å². The summed E-state index contributed by atoms with van der Waals surface area (Å²) in [4.78, 5) is 7.13. The number of likely N-dealkylation sites (tertiary alicyclic amines) is 1. The highest BCUT2D eigenvalue weighted by molar-refractivity contribution is 5.79. The van der Waals surface area contributed by atoms with Gasteiger partial charge in [0.2, 0.25) is 0 Å². The van der Waals surface area contributed by atoms with Crippen molar-refractivity contribution in [3.8, 4) is 0 Å². The number of rotatable bonds is 9. The molecular weight excluding hydrogens is 328 g/mol. The van der Waals surface area contributed by atoms with E-state index in [1.54, 1.807) is 6.92 Å². The first-order valence-electron chi connectivity index (χ1n) is 9.97. The van der Waals surface area contributed by atoms with Crippen molar-refractivity contribution in [1.29, 1.82) is 0 Å². The lowest BCUT2D eigenvalue weighted by Gasteiger charge is -2.21. The van der Waals surface area contributed by atoms with Gasteiger partial charge in [-0.3, -0.25) is 0 Å². The molecule has 2 heterocycles. The van der Waals surface area contributed by atoms with Crippen LogP contribution in [-0.2, 0) is 5.60 Å². The molecule has 1 atom stereocenters. The van der Waals surface area contributed by atoms with E-state index in [9.17, 15) is 5.11 Å². The molecule has 0 spiro atoms. The molecule has 26 heavy (non-hydrogen) atoms. The fraction of sp³-hybridized carbons (Fsp3) is 0.750. The summed E-state index contributed by atoms with van der Waals surface area (Å²) in [7, 11) is 0. The molecule has 1 aromatic heterocycles. The average molecular weight is 365 g/mol. The third kappa shape index (κ3) is 6.32. The van der Waals surface area contributed by atoms with E-state index in [1.807, 2.05) is 26.8 Å². The van der Waals surface area contributed by atoms with Gasteiger partial charge in [-0.25, -0.2) is 4.99 Å². The maximum Gasteiger partial charge on any atom is 0.191 e. The van der Waals surface area contributed by atoms with Gasteiger partial charge in [-0.15, -0.1) is 0 Å². The average Bonchev–Trinajstić information content (AvgIpc) is 3.21. The molecule has 1 aromatic rings. The minimum absolute atomic E-state index is 0.288. The number of aliphatic imine (C=N–C) groups is 1. The fourth-order valence-electron chi connectivity index (χ4n) is 3.50. The summed E-state index contributed by atoms with van der Waals surface area (Å²) in [6.45, 7) is 13.3. The SMILES string of the molecule is CCNC(=NCC(C)(O)c1cc(C)oc1C)NCCCCN1CCCC1. The second-order valence-corrected chi connectivity index (χ2v) is 7.48. The molecule has 6 nitrogen and oxygen atoms in total. The van der Waals surface area contributed by atoms with E-state index in [-0.39, 0.29) is 6.54 Å². The minimum atomic E-state index is -1.04. The van der Waals surface area contributed by atoms with Crippen LogP contribution in [0.4, 0.5) is 0 Å². The smallest absolute Gasteiger partial charge is 0.191 e. The van der Waals surface area contributed by atoms with Crippen molar-refractivity contribution in [2.24, 2.45) is 4.99 Å². The van der Waals surface area contributed by atoms with Gasteiger partial charge in [0.15, 0.2) is 5.96 Å². The van der Waals surface area contributed by atoms with Crippen LogP contribution in [0, 0.1) is 13.8 Å². The van der Waals surface area contributed by atoms with Gasteiger partial charge in [0.25, 0.3) is 0 Å². The number of hydrogen-bond acceptors (Lipinski definition) is 4. The van der Waals surface area contributed by atoms with E-state index < -0.39 is 5.60 Å². The highest BCUT2D eigenvalue weighted by atomic mass is 16.3. The topological polar surface area (TPSA) is 73.0 Å². The van der Waals surface area contributed by atoms with Gasteiger partial charge < -0.3 is 25.1 Å². The van der Waals surface area contributed by atoms with Crippen molar-refractivity contribution in [2.75, 3.05) is 39.3 Å². The summed E-state index contributed by atoms with van der Waals surface area (Å²) >= 11 is 0. The number of nitrogens with zero attached hydrogens (tertiary/aromatic N) is 2. The predicted octanol–water partition coefficient (Wildman–Crippen LogP) is 2.54. The summed E-state index contributed by atoms with van der Waals surface area (Å²) < 4.78 is 5.55. The molecule has 1 fully saturated rings. The molecule has 1 saturated heterocycles. The quantitative estimate of drug-likeness (QED) is 0.357. The van der Waals surface area contributed by atoms with Gasteiger partial charge in [0.05, 0.1) is 6.54 Å². The molecule has 1 aliphatic rings. The second-order valence-electron chi connectivity index (χ2n) is 7.48. The Morgan fingerprint density at radius 2 is 2.00 bits per heavy atom. The molecule has 6 heteroatoms. The molecule has 0 aliphatic carbocycles. The molecular formula is C20H36N4O2. The summed E-state index contributed by atoms with van der Waals surface area (Å²) in [6.07, 6.45) is 5.03. The molecule has 148 valence electrons. The van der Waals surface area contributed by atoms with Crippen LogP contribution in [0.15, 0.2) is 15.5 Å². The normalized spacial score (nSPS) is 18.1. The number of nitrogens with one attached hydrogen (secondary N) is 2. The van der Waals surface area contributed by atoms with Crippen LogP contribution >= 0.6 is 0 Å². The first-order valence-corrected chi connectivity index (χ1v) is 9.97. The lowest BCUT2D eigenvalue weighted by molar-refractivity contribution is 0.0657. The van der Waals surface area contributed by atoms with Crippen LogP contribution in [0.1, 0.15) is 56.6 Å². The van der Waals surface area contributed by atoms with Crippen LogP contribution in [0.2, 0.25) is 0 Å². The van der Waals surface area contributed by atoms with E-state index in [4.69, 9.17) is 4.42 Å². The highest BCUT2D eigenvalue weighted by Gasteiger charge is 2.27. The number of furan rings is 1. The van der Waals surface area contributed by atoms with E-state index in [0.717, 1.165) is 42.6 Å². The molecule has 0 amide bonds. The molecule has 0 aromatic carbocycles. The Labute approximate surface area is 158 Å². The molecule has 3 N–H and O–H groups in total. The first-order chi connectivity index (χ1) is 12.4. The zero-order valence-electron chi connectivity index (χ0n) is 16.9. The Bertz CT molecular complexity index is 574. The summed E-state index contributed by atoms with van der Waals surface area (Å²) in [5, 5.41) is 17.4. The Kier molecular flexibility index (Phi) is 7.97. The van der Waals surface area contributed by atoms with Crippen LogP contribution in [0.3, 0.4) is 0 Å². The molecule has 0 radical (unpaired) electrons. The number of guanidine groups is 1. The molecule has 1 unspecified atom stereocenters. The Balaban J connectivity index is 1.80. The van der Waals surface area contributed by atoms with Gasteiger partial charge >= 0.3 is 0 Å². The van der Waals surface area contributed by atoms with E-state index in [1.165, 1.54) is 38.9 Å². The first kappa shape index (κ1) is 20.8. The summed E-state index contributed by atoms with van der Waals surface area (Å²) in [5.41, 5.74) is -0.236. The maximum atomic E-state index is 10.8. The lowest BCUT2D eigenvalue weighted by atomic mass is 9.96. The summed E-state index contributed by atoms with van der Waals surface area (Å²) in [6, 6.07) is 1.89. The second kappa shape index (κ2) is 9.97. The van der Waals surface area contributed by atoms with Crippen molar-refractivity contribution in [3.63, 3.8) is 0 Å². The van der Waals surface area contributed by atoms with Crippen molar-refractivity contribution >= 4 is 5.96 Å². The predicted molar refractivity (Wildman–Crippen MR) is 107 cm³/mol. The third-order valence-corrected chi connectivity index (χ3v) is 4.90. The third-order valence-electron chi connectivity index (χ3n) is 4.90. The number of aryl methyl sites for hydroxylation is 2. The van der Waals surface area contributed by atoms with Crippen molar-refractivity contribution in [2.45, 2.75) is 59.0 Å². The Morgan fingerprint density at radius 1 is 1.27 bits per heavy atom. The van der Waals surface area contributed by atoms with E-state index in [0.29, 0.717) is 0 Å². The zero-order chi connectivity index (χ0) is 19.0. The van der Waals surface area contributed by atoms with Crippen LogP contribution in [0.5, 0.6) is 0 Å². The van der Waals surface area contributed by atoms with Gasteiger partial charge in [-0.2, -0.15) is 0 Å². The number of hydrogen-bond donors (Lipinski definition) is 3. The van der Waals surface area contributed by atoms with E-state index >= 15 is 0 Å². The van der Waals surface area contributed by atoms with E-state index in [2.05, 4.69) is 20.5 Å². The van der Waals surface area contributed by atoms with Gasteiger partial charge in [-0.1, -0.05) is 0 Å². The lowest BCUT2D eigenvalue weighted by Crippen LogP contribution is -2.39. The standard InChI is InChI=1S/C20H36N4O2/c1-5-21-19(22-10-6-7-11-24-12-8-9-13-24)23-15-20(4,25)18-14-16(2)26-17(18)3/h14,25H,5-13,15H2,1-4H3,(H2,21,22,23). The maximum absolute atomic E-state index is 10.8. The van der Waals surface area contributed by atoms with Crippen LogP contribution in [0.25, 0.3) is 0 Å². The van der Waals surface area contributed by atoms with Crippen LogP contribution < -0.4 is 10.6 Å². The Hall–Kier alpha value is -1.53. The van der Waals surface area contributed by atoms with Gasteiger partial charge in [0.1, 0.15) is 17.1 Å². The number of aliphatic hydroxyl groups is 1. The zero-order valence-corrected chi connectivity index (χ0v) is 16.9. The monoisotopic (exact) mass is 364 g/mol. The Morgan fingerprint density at radius 3 is 2.62 bits per heavy atom. The molecule has 2 rings (SSSR count). The largest absolute Gasteiger partial charge is 0.466 e.